The molecule has 2 nitrogen and oxygen atoms in total. The van der Waals surface area contributed by atoms with Gasteiger partial charge >= 0.3 is 0 Å². The lowest BCUT2D eigenvalue weighted by Crippen LogP contribution is -2.29. The van der Waals surface area contributed by atoms with Crippen LogP contribution >= 0.6 is 0 Å². The van der Waals surface area contributed by atoms with Gasteiger partial charge in [-0.25, -0.2) is 0 Å². The van der Waals surface area contributed by atoms with Gasteiger partial charge in [0.2, 0.25) is 5.91 Å². The van der Waals surface area contributed by atoms with Crippen LogP contribution in [0.15, 0.2) is 0 Å². The van der Waals surface area contributed by atoms with Gasteiger partial charge in [-0.2, -0.15) is 0 Å². The van der Waals surface area contributed by atoms with Crippen molar-refractivity contribution in [1.82, 2.24) is 4.90 Å². The highest BCUT2D eigenvalue weighted by molar-refractivity contribution is 5.78. The van der Waals surface area contributed by atoms with Crippen LogP contribution in [0.25, 0.3) is 0 Å². The van der Waals surface area contributed by atoms with Crippen molar-refractivity contribution in [3.05, 3.63) is 0 Å². The average Bonchev–Trinajstić information content (AvgIpc) is 2.05. The summed E-state index contributed by atoms with van der Waals surface area (Å²) in [5.74, 6) is 0.533. The highest BCUT2D eigenvalue weighted by atomic mass is 16.2. The Kier molecular flexibility index (Phi) is 5.77. The van der Waals surface area contributed by atoms with Gasteiger partial charge in [0.15, 0.2) is 0 Å². The molecular formula is C10H21NO. The van der Waals surface area contributed by atoms with Gasteiger partial charge < -0.3 is 4.90 Å². The molecular weight excluding hydrogens is 150 g/mol. The molecule has 0 aromatic carbocycles. The maximum atomic E-state index is 11.5. The lowest BCUT2D eigenvalue weighted by atomic mass is 9.98. The maximum Gasteiger partial charge on any atom is 0.225 e. The summed E-state index contributed by atoms with van der Waals surface area (Å²) in [4.78, 5) is 13.2. The third kappa shape index (κ3) is 3.74. The second-order valence-corrected chi connectivity index (χ2v) is 3.48. The van der Waals surface area contributed by atoms with Gasteiger partial charge in [-0.1, -0.05) is 26.7 Å². The first-order valence-electron chi connectivity index (χ1n) is 4.84. The van der Waals surface area contributed by atoms with E-state index in [9.17, 15) is 4.79 Å². The lowest BCUT2D eigenvalue weighted by Gasteiger charge is -2.18. The standard InChI is InChI=1S/C10H21NO/c1-5-7-8-9(6-2)10(12)11(3)4/h9H,5-8H2,1-4H3. The highest BCUT2D eigenvalue weighted by Gasteiger charge is 2.16. The molecule has 72 valence electrons. The largest absolute Gasteiger partial charge is 0.349 e. The molecule has 0 spiro atoms. The molecule has 0 aromatic heterocycles. The molecule has 0 aromatic rings. The van der Waals surface area contributed by atoms with Crippen molar-refractivity contribution >= 4 is 5.91 Å². The minimum atomic E-state index is 0.250. The Labute approximate surface area is 75.9 Å². The molecule has 1 amide bonds. The SMILES string of the molecule is CCCCC(CC)C(=O)N(C)C. The molecule has 0 aliphatic carbocycles. The minimum absolute atomic E-state index is 0.250. The van der Waals surface area contributed by atoms with E-state index in [1.807, 2.05) is 14.1 Å². The van der Waals surface area contributed by atoms with E-state index in [4.69, 9.17) is 0 Å². The molecule has 0 heterocycles. The Morgan fingerprint density at radius 3 is 2.25 bits per heavy atom. The van der Waals surface area contributed by atoms with Crippen molar-refractivity contribution in [2.75, 3.05) is 14.1 Å². The fourth-order valence-corrected chi connectivity index (χ4v) is 1.32. The van der Waals surface area contributed by atoms with E-state index >= 15 is 0 Å². The van der Waals surface area contributed by atoms with E-state index in [1.54, 1.807) is 4.90 Å². The smallest absolute Gasteiger partial charge is 0.225 e. The molecule has 2 heteroatoms. The minimum Gasteiger partial charge on any atom is -0.349 e. The van der Waals surface area contributed by atoms with Crippen molar-refractivity contribution in [2.24, 2.45) is 5.92 Å². The summed E-state index contributed by atoms with van der Waals surface area (Å²) >= 11 is 0. The highest BCUT2D eigenvalue weighted by Crippen LogP contribution is 2.14. The Morgan fingerprint density at radius 1 is 1.33 bits per heavy atom. The van der Waals surface area contributed by atoms with Crippen molar-refractivity contribution in [3.8, 4) is 0 Å². The maximum absolute atomic E-state index is 11.5. The summed E-state index contributed by atoms with van der Waals surface area (Å²) in [6, 6.07) is 0. The van der Waals surface area contributed by atoms with Crippen LogP contribution in [0.2, 0.25) is 0 Å². The molecule has 1 unspecified atom stereocenters. The Bertz CT molecular complexity index is 132. The Morgan fingerprint density at radius 2 is 1.92 bits per heavy atom. The number of rotatable bonds is 5. The first kappa shape index (κ1) is 11.5. The summed E-state index contributed by atoms with van der Waals surface area (Å²) in [5.41, 5.74) is 0. The first-order chi connectivity index (χ1) is 5.63. The zero-order valence-corrected chi connectivity index (χ0v) is 8.76. The van der Waals surface area contributed by atoms with Crippen molar-refractivity contribution in [2.45, 2.75) is 39.5 Å². The molecule has 0 aliphatic rings. The normalized spacial score (nSPS) is 12.7. The van der Waals surface area contributed by atoms with Crippen LogP contribution in [0.5, 0.6) is 0 Å². The summed E-state index contributed by atoms with van der Waals surface area (Å²) in [6.07, 6.45) is 4.36. The number of hydrogen-bond donors (Lipinski definition) is 0. The van der Waals surface area contributed by atoms with Crippen LogP contribution in [0, 0.1) is 5.92 Å². The number of carbonyl (C=O) groups excluding carboxylic acids is 1. The number of unbranched alkanes of at least 4 members (excludes halogenated alkanes) is 1. The first-order valence-corrected chi connectivity index (χ1v) is 4.84. The van der Waals surface area contributed by atoms with Gasteiger partial charge in [0.25, 0.3) is 0 Å². The van der Waals surface area contributed by atoms with Crippen molar-refractivity contribution in [3.63, 3.8) is 0 Å². The molecule has 12 heavy (non-hydrogen) atoms. The predicted octanol–water partition coefficient (Wildman–Crippen LogP) is 2.29. The van der Waals surface area contributed by atoms with Gasteiger partial charge in [-0.3, -0.25) is 4.79 Å². The quantitative estimate of drug-likeness (QED) is 0.621. The van der Waals surface area contributed by atoms with E-state index in [-0.39, 0.29) is 11.8 Å². The molecule has 0 saturated heterocycles. The van der Waals surface area contributed by atoms with E-state index in [1.165, 1.54) is 6.42 Å². The zero-order valence-electron chi connectivity index (χ0n) is 8.76. The van der Waals surface area contributed by atoms with Crippen LogP contribution < -0.4 is 0 Å². The lowest BCUT2D eigenvalue weighted by molar-refractivity contribution is -0.133. The summed E-state index contributed by atoms with van der Waals surface area (Å²) < 4.78 is 0. The third-order valence-electron chi connectivity index (χ3n) is 2.19. The fourth-order valence-electron chi connectivity index (χ4n) is 1.32. The van der Waals surface area contributed by atoms with Gasteiger partial charge in [0.05, 0.1) is 0 Å². The molecule has 0 rings (SSSR count). The number of hydrogen-bond acceptors (Lipinski definition) is 1. The van der Waals surface area contributed by atoms with Crippen molar-refractivity contribution < 1.29 is 4.79 Å². The van der Waals surface area contributed by atoms with Crippen molar-refractivity contribution in [1.29, 1.82) is 0 Å². The zero-order chi connectivity index (χ0) is 9.56. The predicted molar refractivity (Wildman–Crippen MR) is 52.0 cm³/mol. The van der Waals surface area contributed by atoms with Gasteiger partial charge in [-0.15, -0.1) is 0 Å². The second-order valence-electron chi connectivity index (χ2n) is 3.48. The Balaban J connectivity index is 3.88. The van der Waals surface area contributed by atoms with E-state index in [0.717, 1.165) is 19.3 Å². The molecule has 0 N–H and O–H groups in total. The van der Waals surface area contributed by atoms with Gasteiger partial charge in [-0.05, 0) is 12.8 Å². The molecule has 1 atom stereocenters. The Hall–Kier alpha value is -0.530. The third-order valence-corrected chi connectivity index (χ3v) is 2.19. The van der Waals surface area contributed by atoms with Crippen LogP contribution in [0.1, 0.15) is 39.5 Å². The average molecular weight is 171 g/mol. The topological polar surface area (TPSA) is 20.3 Å². The molecule has 0 aliphatic heterocycles. The number of amides is 1. The summed E-state index contributed by atoms with van der Waals surface area (Å²) in [5, 5.41) is 0. The van der Waals surface area contributed by atoms with Crippen LogP contribution in [-0.2, 0) is 4.79 Å². The number of carbonyl (C=O) groups is 1. The monoisotopic (exact) mass is 171 g/mol. The summed E-state index contributed by atoms with van der Waals surface area (Å²) in [7, 11) is 3.66. The van der Waals surface area contributed by atoms with Crippen LogP contribution in [-0.4, -0.2) is 24.9 Å². The molecule has 0 saturated carbocycles. The van der Waals surface area contributed by atoms with Crippen LogP contribution in [0.3, 0.4) is 0 Å². The van der Waals surface area contributed by atoms with Gasteiger partial charge in [0, 0.05) is 20.0 Å². The van der Waals surface area contributed by atoms with E-state index in [0.29, 0.717) is 0 Å². The molecule has 0 radical (unpaired) electrons. The van der Waals surface area contributed by atoms with Gasteiger partial charge in [0.1, 0.15) is 0 Å². The molecule has 0 bridgehead atoms. The van der Waals surface area contributed by atoms with Crippen LogP contribution in [0.4, 0.5) is 0 Å². The van der Waals surface area contributed by atoms with E-state index in [2.05, 4.69) is 13.8 Å². The van der Waals surface area contributed by atoms with E-state index < -0.39 is 0 Å². The fraction of sp³-hybridized carbons (Fsp3) is 0.900. The second kappa shape index (κ2) is 6.04. The number of nitrogens with zero attached hydrogens (tertiary/aromatic N) is 1. The summed E-state index contributed by atoms with van der Waals surface area (Å²) in [6.45, 7) is 4.24. The molecule has 0 fully saturated rings.